The van der Waals surface area contributed by atoms with Crippen LogP contribution in [-0.4, -0.2) is 13.9 Å². The van der Waals surface area contributed by atoms with Crippen LogP contribution in [0.1, 0.15) is 6.93 Å². The van der Waals surface area contributed by atoms with Crippen LogP contribution < -0.4 is 4.18 Å². The molecule has 0 aliphatic carbocycles. The van der Waals surface area contributed by atoms with Crippen molar-refractivity contribution in [3.8, 4) is 5.75 Å². The number of aryl methyl sites for hydroxylation is 1. The zero-order chi connectivity index (χ0) is 12.6. The summed E-state index contributed by atoms with van der Waals surface area (Å²) in [5, 5.41) is 0. The van der Waals surface area contributed by atoms with Gasteiger partial charge >= 0.3 is 15.6 Å². The van der Waals surface area contributed by atoms with E-state index in [4.69, 9.17) is 1.37 Å². The summed E-state index contributed by atoms with van der Waals surface area (Å²) in [5.74, 6) is -0.437. The summed E-state index contributed by atoms with van der Waals surface area (Å²) in [6.45, 7) is 1.35. The zero-order valence-corrected chi connectivity index (χ0v) is 8.32. The summed E-state index contributed by atoms with van der Waals surface area (Å²) < 4.78 is 68.3. The van der Waals surface area contributed by atoms with Gasteiger partial charge in [0.15, 0.2) is 0 Å². The van der Waals surface area contributed by atoms with Crippen molar-refractivity contribution in [3.05, 3.63) is 29.8 Å². The van der Waals surface area contributed by atoms with Crippen molar-refractivity contribution in [2.45, 2.75) is 12.4 Å². The average molecular weight is 241 g/mol. The predicted octanol–water partition coefficient (Wildman–Crippen LogP) is 2.22. The molecule has 0 unspecified atom stereocenters. The fraction of sp³-hybridized carbons (Fsp3) is 0.250. The Morgan fingerprint density at radius 3 is 2.47 bits per heavy atom. The molecule has 0 heterocycles. The maximum Gasteiger partial charge on any atom is 0.534 e. The lowest BCUT2D eigenvalue weighted by Gasteiger charge is -2.10. The van der Waals surface area contributed by atoms with Gasteiger partial charge in [0.2, 0.25) is 0 Å². The van der Waals surface area contributed by atoms with E-state index in [0.717, 1.165) is 12.1 Å². The fourth-order valence-electron chi connectivity index (χ4n) is 0.758. The van der Waals surface area contributed by atoms with E-state index < -0.39 is 21.4 Å². The Balaban J connectivity index is 3.07. The Labute approximate surface area is 86.0 Å². The number of para-hydroxylation sites is 1. The number of hydrogen-bond donors (Lipinski definition) is 0. The SMILES string of the molecule is [2H]c1ccc(OS(=O)(=O)C(F)(F)F)c(C)c1. The van der Waals surface area contributed by atoms with Gasteiger partial charge in [-0.25, -0.2) is 0 Å². The molecule has 0 spiro atoms. The molecule has 0 amide bonds. The highest BCUT2D eigenvalue weighted by atomic mass is 32.2. The van der Waals surface area contributed by atoms with Crippen LogP contribution in [0.25, 0.3) is 0 Å². The van der Waals surface area contributed by atoms with Crippen molar-refractivity contribution in [2.24, 2.45) is 0 Å². The van der Waals surface area contributed by atoms with Gasteiger partial charge in [-0.3, -0.25) is 0 Å². The molecule has 1 rings (SSSR count). The van der Waals surface area contributed by atoms with Crippen LogP contribution >= 0.6 is 0 Å². The Bertz CT molecular complexity index is 496. The first-order valence-corrected chi connectivity index (χ1v) is 5.12. The standard InChI is InChI=1S/C8H7F3O3S/c1-6-4-2-3-5-7(6)14-15(12,13)8(9,10)11/h2-5H,1H3/i2D. The lowest BCUT2D eigenvalue weighted by molar-refractivity contribution is -0.0500. The molecule has 1 aromatic rings. The summed E-state index contributed by atoms with van der Waals surface area (Å²) >= 11 is 0. The average Bonchev–Trinajstić information content (AvgIpc) is 2.08. The van der Waals surface area contributed by atoms with Crippen molar-refractivity contribution < 1.29 is 27.1 Å². The molecule has 15 heavy (non-hydrogen) atoms. The Kier molecular flexibility index (Phi) is 2.56. The Morgan fingerprint density at radius 2 is 2.00 bits per heavy atom. The maximum atomic E-state index is 12.0. The third kappa shape index (κ3) is 2.62. The lowest BCUT2D eigenvalue weighted by Crippen LogP contribution is -2.28. The molecule has 0 aromatic heterocycles. The number of alkyl halides is 3. The van der Waals surface area contributed by atoms with Crippen LogP contribution in [0.4, 0.5) is 13.2 Å². The molecule has 0 N–H and O–H groups in total. The highest BCUT2D eigenvalue weighted by molar-refractivity contribution is 7.88. The molecule has 7 heteroatoms. The highest BCUT2D eigenvalue weighted by Gasteiger charge is 2.48. The van der Waals surface area contributed by atoms with Gasteiger partial charge in [-0.05, 0) is 18.6 Å². The molecule has 0 radical (unpaired) electrons. The molecular formula is C8H7F3O3S. The van der Waals surface area contributed by atoms with E-state index in [1.54, 1.807) is 0 Å². The summed E-state index contributed by atoms with van der Waals surface area (Å²) in [7, 11) is -5.65. The van der Waals surface area contributed by atoms with Crippen LogP contribution in [0.3, 0.4) is 0 Å². The smallest absolute Gasteiger partial charge is 0.376 e. The zero-order valence-electron chi connectivity index (χ0n) is 8.50. The summed E-state index contributed by atoms with van der Waals surface area (Å²) in [6, 6.07) is 3.38. The minimum absolute atomic E-state index is 0.0502. The molecule has 84 valence electrons. The quantitative estimate of drug-likeness (QED) is 0.589. The molecule has 0 fully saturated rings. The molecular weight excluding hydrogens is 233 g/mol. The first-order chi connectivity index (χ1) is 7.13. The second kappa shape index (κ2) is 3.73. The van der Waals surface area contributed by atoms with Crippen molar-refractivity contribution >= 4 is 10.1 Å². The third-order valence-electron chi connectivity index (χ3n) is 1.50. The molecule has 0 atom stereocenters. The van der Waals surface area contributed by atoms with Gasteiger partial charge in [0.1, 0.15) is 5.75 Å². The molecule has 0 bridgehead atoms. The van der Waals surface area contributed by atoms with E-state index in [2.05, 4.69) is 4.18 Å². The van der Waals surface area contributed by atoms with E-state index >= 15 is 0 Å². The summed E-state index contributed by atoms with van der Waals surface area (Å²) in [5.41, 5.74) is -5.32. The fourth-order valence-corrected chi connectivity index (χ4v) is 1.28. The Hall–Kier alpha value is -1.24. The van der Waals surface area contributed by atoms with Gasteiger partial charge < -0.3 is 4.18 Å². The normalized spacial score (nSPS) is 13.5. The molecule has 3 nitrogen and oxygen atoms in total. The Morgan fingerprint density at radius 1 is 1.40 bits per heavy atom. The van der Waals surface area contributed by atoms with Crippen molar-refractivity contribution in [3.63, 3.8) is 0 Å². The number of benzene rings is 1. The third-order valence-corrected chi connectivity index (χ3v) is 2.47. The summed E-state index contributed by atoms with van der Waals surface area (Å²) in [6.07, 6.45) is 0. The monoisotopic (exact) mass is 241 g/mol. The number of rotatable bonds is 2. The first kappa shape index (κ1) is 10.3. The molecule has 0 aliphatic rings. The predicted molar refractivity (Wildman–Crippen MR) is 46.8 cm³/mol. The maximum absolute atomic E-state index is 12.0. The van der Waals surface area contributed by atoms with Gasteiger partial charge in [0, 0.05) is 0 Å². The van der Waals surface area contributed by atoms with E-state index in [-0.39, 0.29) is 11.6 Å². The van der Waals surface area contributed by atoms with Crippen LogP contribution in [0, 0.1) is 6.92 Å². The van der Waals surface area contributed by atoms with Crippen molar-refractivity contribution in [1.82, 2.24) is 0 Å². The molecule has 1 aromatic carbocycles. The highest BCUT2D eigenvalue weighted by Crippen LogP contribution is 2.28. The first-order valence-electron chi connectivity index (χ1n) is 4.21. The largest absolute Gasteiger partial charge is 0.534 e. The lowest BCUT2D eigenvalue weighted by atomic mass is 10.2. The van der Waals surface area contributed by atoms with Gasteiger partial charge in [-0.2, -0.15) is 21.6 Å². The minimum atomic E-state index is -5.65. The van der Waals surface area contributed by atoms with Crippen LogP contribution in [0.15, 0.2) is 24.2 Å². The van der Waals surface area contributed by atoms with Crippen LogP contribution in [-0.2, 0) is 10.1 Å². The van der Waals surface area contributed by atoms with Crippen molar-refractivity contribution in [2.75, 3.05) is 0 Å². The van der Waals surface area contributed by atoms with Gasteiger partial charge in [-0.15, -0.1) is 0 Å². The van der Waals surface area contributed by atoms with E-state index in [9.17, 15) is 21.6 Å². The van der Waals surface area contributed by atoms with E-state index in [0.29, 0.717) is 0 Å². The minimum Gasteiger partial charge on any atom is -0.376 e. The second-order valence-corrected chi connectivity index (χ2v) is 4.21. The number of hydrogen-bond acceptors (Lipinski definition) is 3. The summed E-state index contributed by atoms with van der Waals surface area (Å²) in [4.78, 5) is 0. The van der Waals surface area contributed by atoms with Crippen LogP contribution in [0.2, 0.25) is 0 Å². The topological polar surface area (TPSA) is 43.4 Å². The number of halogens is 3. The molecule has 0 saturated heterocycles. The van der Waals surface area contributed by atoms with E-state index in [1.807, 2.05) is 0 Å². The van der Waals surface area contributed by atoms with Crippen LogP contribution in [0.5, 0.6) is 5.75 Å². The van der Waals surface area contributed by atoms with Crippen molar-refractivity contribution in [1.29, 1.82) is 0 Å². The second-order valence-electron chi connectivity index (χ2n) is 2.67. The molecule has 0 aliphatic heterocycles. The molecule has 0 saturated carbocycles. The van der Waals surface area contributed by atoms with Gasteiger partial charge in [0.05, 0.1) is 1.37 Å². The van der Waals surface area contributed by atoms with Gasteiger partial charge in [0.25, 0.3) is 0 Å². The van der Waals surface area contributed by atoms with Gasteiger partial charge in [-0.1, -0.05) is 18.2 Å². The van der Waals surface area contributed by atoms with E-state index in [1.165, 1.54) is 13.0 Å².